The third-order valence-electron chi connectivity index (χ3n) is 5.60. The zero-order valence-corrected chi connectivity index (χ0v) is 14.8. The smallest absolute Gasteiger partial charge is 0.369 e. The van der Waals surface area contributed by atoms with E-state index < -0.39 is 12.6 Å². The number of aromatic nitrogens is 4. The highest BCUT2D eigenvalue weighted by Crippen LogP contribution is 2.45. The first-order valence-electron chi connectivity index (χ1n) is 8.98. The minimum absolute atomic E-state index is 0.0366. The highest BCUT2D eigenvalue weighted by Gasteiger charge is 2.40. The third-order valence-corrected chi connectivity index (χ3v) is 5.60. The van der Waals surface area contributed by atoms with Crippen LogP contribution in [0, 0.1) is 11.8 Å². The maximum absolute atomic E-state index is 13.1. The number of amides is 1. The number of nitrogens with two attached hydrogens (primary N) is 1. The molecular weight excluding hydrogens is 359 g/mol. The Hall–Kier alpha value is -2.58. The van der Waals surface area contributed by atoms with E-state index in [9.17, 15) is 18.0 Å². The Morgan fingerprint density at radius 1 is 1.37 bits per heavy atom. The van der Waals surface area contributed by atoms with Crippen molar-refractivity contribution in [2.24, 2.45) is 17.6 Å². The summed E-state index contributed by atoms with van der Waals surface area (Å²) in [6.07, 6.45) is -0.403. The molecular formula is C18H20F3N5O. The molecule has 1 fully saturated rings. The van der Waals surface area contributed by atoms with E-state index in [1.807, 2.05) is 6.92 Å². The Labute approximate surface area is 153 Å². The molecule has 0 aromatic carbocycles. The number of nitrogens with zero attached hydrogens (tertiary/aromatic N) is 3. The van der Waals surface area contributed by atoms with E-state index in [4.69, 9.17) is 5.73 Å². The number of carbonyl (C=O) groups excluding carboxylic acids is 1. The van der Waals surface area contributed by atoms with Crippen LogP contribution in [0.1, 0.15) is 43.6 Å². The van der Waals surface area contributed by atoms with Gasteiger partial charge in [-0.2, -0.15) is 13.2 Å². The van der Waals surface area contributed by atoms with E-state index >= 15 is 0 Å². The van der Waals surface area contributed by atoms with E-state index in [0.29, 0.717) is 35.3 Å². The summed E-state index contributed by atoms with van der Waals surface area (Å²) >= 11 is 0. The number of hydrogen-bond acceptors (Lipinski definition) is 3. The van der Waals surface area contributed by atoms with E-state index in [1.165, 1.54) is 6.20 Å². The number of primary amides is 1. The van der Waals surface area contributed by atoms with Crippen LogP contribution in [-0.4, -0.2) is 31.4 Å². The van der Waals surface area contributed by atoms with Gasteiger partial charge in [-0.15, -0.1) is 0 Å². The van der Waals surface area contributed by atoms with Gasteiger partial charge in [0.15, 0.2) is 5.65 Å². The van der Waals surface area contributed by atoms with E-state index in [1.54, 1.807) is 16.7 Å². The van der Waals surface area contributed by atoms with Crippen LogP contribution in [0.5, 0.6) is 0 Å². The summed E-state index contributed by atoms with van der Waals surface area (Å²) in [6.45, 7) is 2.01. The minimum atomic E-state index is -4.37. The van der Waals surface area contributed by atoms with Crippen LogP contribution < -0.4 is 5.73 Å². The Bertz CT molecular complexity index is 1010. The van der Waals surface area contributed by atoms with Gasteiger partial charge < -0.3 is 10.7 Å². The Kier molecular flexibility index (Phi) is 4.12. The highest BCUT2D eigenvalue weighted by atomic mass is 19.4. The number of halogens is 3. The number of alkyl halides is 3. The molecule has 1 aliphatic rings. The normalized spacial score (nSPS) is 23.5. The van der Waals surface area contributed by atoms with Gasteiger partial charge in [0.1, 0.15) is 5.82 Å². The summed E-state index contributed by atoms with van der Waals surface area (Å²) < 4.78 is 41.0. The average molecular weight is 379 g/mol. The van der Waals surface area contributed by atoms with Crippen molar-refractivity contribution < 1.29 is 18.0 Å². The van der Waals surface area contributed by atoms with Crippen molar-refractivity contribution in [2.75, 3.05) is 0 Å². The molecule has 3 aromatic heterocycles. The first-order chi connectivity index (χ1) is 12.8. The second-order valence-electron chi connectivity index (χ2n) is 7.24. The molecule has 0 radical (unpaired) electrons. The quantitative estimate of drug-likeness (QED) is 0.729. The maximum Gasteiger partial charge on any atom is 0.394 e. The van der Waals surface area contributed by atoms with Gasteiger partial charge in [0, 0.05) is 18.0 Å². The van der Waals surface area contributed by atoms with Crippen molar-refractivity contribution in [1.29, 1.82) is 0 Å². The molecule has 1 aliphatic carbocycles. The number of carbonyl (C=O) groups is 1. The zero-order chi connectivity index (χ0) is 19.3. The largest absolute Gasteiger partial charge is 0.394 e. The summed E-state index contributed by atoms with van der Waals surface area (Å²) in [4.78, 5) is 23.3. The van der Waals surface area contributed by atoms with Gasteiger partial charge in [0.25, 0.3) is 0 Å². The van der Waals surface area contributed by atoms with Crippen molar-refractivity contribution >= 4 is 22.6 Å². The number of H-pyrrole nitrogens is 1. The molecule has 0 spiro atoms. The predicted molar refractivity (Wildman–Crippen MR) is 93.0 cm³/mol. The average Bonchev–Trinajstić information content (AvgIpc) is 3.28. The Morgan fingerprint density at radius 2 is 2.15 bits per heavy atom. The zero-order valence-electron chi connectivity index (χ0n) is 14.8. The number of imidazole rings is 1. The summed E-state index contributed by atoms with van der Waals surface area (Å²) in [7, 11) is 0. The number of rotatable bonds is 4. The lowest BCUT2D eigenvalue weighted by atomic mass is 9.93. The lowest BCUT2D eigenvalue weighted by Crippen LogP contribution is -2.20. The van der Waals surface area contributed by atoms with Gasteiger partial charge in [-0.05, 0) is 24.8 Å². The monoisotopic (exact) mass is 379 g/mol. The maximum atomic E-state index is 13.1. The molecule has 0 unspecified atom stereocenters. The van der Waals surface area contributed by atoms with Gasteiger partial charge in [0.2, 0.25) is 5.91 Å². The van der Waals surface area contributed by atoms with Crippen LogP contribution in [0.3, 0.4) is 0 Å². The van der Waals surface area contributed by atoms with Gasteiger partial charge in [-0.3, -0.25) is 9.20 Å². The molecule has 4 rings (SSSR count). The van der Waals surface area contributed by atoms with Crippen molar-refractivity contribution in [2.45, 2.75) is 44.7 Å². The SMILES string of the molecule is CC[C@@H]1C[C@H](C(N)=O)C[C@@H]1c1nc(CC(F)(F)F)c2cnc3[nH]ccc3n12. The molecule has 27 heavy (non-hydrogen) atoms. The second kappa shape index (κ2) is 6.24. The van der Waals surface area contributed by atoms with E-state index in [2.05, 4.69) is 15.0 Å². The molecule has 9 heteroatoms. The van der Waals surface area contributed by atoms with Crippen molar-refractivity contribution in [3.63, 3.8) is 0 Å². The molecule has 1 saturated carbocycles. The molecule has 3 atom stereocenters. The number of aromatic amines is 1. The number of fused-ring (bicyclic) bond motifs is 3. The van der Waals surface area contributed by atoms with Crippen molar-refractivity contribution in [3.05, 3.63) is 30.0 Å². The van der Waals surface area contributed by atoms with Crippen LogP contribution in [0.15, 0.2) is 18.5 Å². The molecule has 0 saturated heterocycles. The van der Waals surface area contributed by atoms with Gasteiger partial charge >= 0.3 is 6.18 Å². The van der Waals surface area contributed by atoms with Crippen LogP contribution in [0.4, 0.5) is 13.2 Å². The standard InChI is InChI=1S/C18H20F3N5O/c1-2-9-5-10(15(22)27)6-11(9)17-25-12(7-18(19,20)21)14-8-24-16-13(26(14)17)3-4-23-16/h3-4,8-11,23H,2,5-7H2,1H3,(H2,22,27)/t9-,10+,11+/m1/s1. The molecule has 0 aliphatic heterocycles. The van der Waals surface area contributed by atoms with Gasteiger partial charge in [-0.25, -0.2) is 9.97 Å². The molecule has 144 valence electrons. The van der Waals surface area contributed by atoms with Gasteiger partial charge in [0.05, 0.1) is 29.3 Å². The molecule has 6 nitrogen and oxygen atoms in total. The van der Waals surface area contributed by atoms with Crippen LogP contribution in [0.2, 0.25) is 0 Å². The number of nitrogens with one attached hydrogen (secondary N) is 1. The molecule has 0 bridgehead atoms. The lowest BCUT2D eigenvalue weighted by molar-refractivity contribution is -0.127. The fourth-order valence-electron chi connectivity index (χ4n) is 4.34. The first kappa shape index (κ1) is 17.8. The van der Waals surface area contributed by atoms with Crippen LogP contribution in [-0.2, 0) is 11.2 Å². The van der Waals surface area contributed by atoms with Gasteiger partial charge in [-0.1, -0.05) is 13.3 Å². The predicted octanol–water partition coefficient (Wildman–Crippen LogP) is 3.32. The Morgan fingerprint density at radius 3 is 2.81 bits per heavy atom. The number of hydrogen-bond donors (Lipinski definition) is 2. The Balaban J connectivity index is 1.91. The first-order valence-corrected chi connectivity index (χ1v) is 8.98. The third kappa shape index (κ3) is 3.04. The molecule has 1 amide bonds. The fraction of sp³-hybridized carbons (Fsp3) is 0.500. The van der Waals surface area contributed by atoms with Crippen LogP contribution >= 0.6 is 0 Å². The van der Waals surface area contributed by atoms with E-state index in [0.717, 1.165) is 6.42 Å². The topological polar surface area (TPSA) is 89.1 Å². The van der Waals surface area contributed by atoms with Crippen molar-refractivity contribution in [3.8, 4) is 0 Å². The van der Waals surface area contributed by atoms with Crippen molar-refractivity contribution in [1.82, 2.24) is 19.4 Å². The van der Waals surface area contributed by atoms with E-state index in [-0.39, 0.29) is 29.4 Å². The summed E-state index contributed by atoms with van der Waals surface area (Å²) in [5.41, 5.74) is 7.08. The lowest BCUT2D eigenvalue weighted by Gasteiger charge is -2.17. The minimum Gasteiger partial charge on any atom is -0.369 e. The highest BCUT2D eigenvalue weighted by molar-refractivity contribution is 5.78. The molecule has 3 heterocycles. The molecule has 3 N–H and O–H groups in total. The summed E-state index contributed by atoms with van der Waals surface area (Å²) in [6, 6.07) is 1.78. The van der Waals surface area contributed by atoms with Crippen LogP contribution in [0.25, 0.3) is 16.7 Å². The summed E-state index contributed by atoms with van der Waals surface area (Å²) in [5, 5.41) is 0. The fourth-order valence-corrected chi connectivity index (χ4v) is 4.34. The molecule has 3 aromatic rings. The second-order valence-corrected chi connectivity index (χ2v) is 7.24. The summed E-state index contributed by atoms with van der Waals surface area (Å²) in [5.74, 6) is -0.0500.